The molecular weight excluding hydrogens is 469 g/mol. The molecule has 6 nitrogen and oxygen atoms in total. The number of aliphatic imine (C=N–C) groups is 1. The summed E-state index contributed by atoms with van der Waals surface area (Å²) < 4.78 is 16.7. The summed E-state index contributed by atoms with van der Waals surface area (Å²) in [5.41, 5.74) is 2.41. The molecule has 28 heavy (non-hydrogen) atoms. The number of ether oxygens (including phenoxy) is 2. The summed E-state index contributed by atoms with van der Waals surface area (Å²) in [6.07, 6.45) is 4.84. The molecule has 0 radical (unpaired) electrons. The van der Waals surface area contributed by atoms with Gasteiger partial charge in [0, 0.05) is 39.8 Å². The van der Waals surface area contributed by atoms with Gasteiger partial charge in [0.05, 0.1) is 19.0 Å². The summed E-state index contributed by atoms with van der Waals surface area (Å²) in [6, 6.07) is 12.4. The van der Waals surface area contributed by atoms with Gasteiger partial charge in [-0.2, -0.15) is 0 Å². The van der Waals surface area contributed by atoms with Crippen LogP contribution in [0.5, 0.6) is 0 Å². The van der Waals surface area contributed by atoms with Crippen molar-refractivity contribution in [1.29, 1.82) is 0 Å². The Hall–Kier alpha value is -1.58. The van der Waals surface area contributed by atoms with Crippen molar-refractivity contribution < 1.29 is 13.9 Å². The average Bonchev–Trinajstić information content (AvgIpc) is 3.24. The van der Waals surface area contributed by atoms with E-state index in [-0.39, 0.29) is 24.0 Å². The number of hydrogen-bond donors (Lipinski definition) is 2. The number of nitrogens with one attached hydrogen (secondary N) is 2. The van der Waals surface area contributed by atoms with E-state index in [1.165, 1.54) is 11.1 Å². The minimum absolute atomic E-state index is 0. The van der Waals surface area contributed by atoms with Gasteiger partial charge in [-0.15, -0.1) is 24.0 Å². The van der Waals surface area contributed by atoms with Crippen LogP contribution < -0.4 is 10.6 Å². The highest BCUT2D eigenvalue weighted by molar-refractivity contribution is 14.0. The van der Waals surface area contributed by atoms with Crippen LogP contribution in [-0.4, -0.2) is 38.9 Å². The van der Waals surface area contributed by atoms with Gasteiger partial charge in [-0.1, -0.05) is 24.3 Å². The molecule has 1 fully saturated rings. The zero-order chi connectivity index (χ0) is 18.7. The van der Waals surface area contributed by atoms with E-state index in [0.29, 0.717) is 12.7 Å². The summed E-state index contributed by atoms with van der Waals surface area (Å²) >= 11 is 0. The standard InChI is InChI=1S/C21H29N3O3.HI/c1-22-21(23-11-8-19-3-2-12-26-19)24-15-17-4-6-18(7-5-17)16-27-20-9-13-25-14-10-20;/h2-7,12,20H,8-11,13-16H2,1H3,(H2,22,23,24);1H. The number of guanidine groups is 1. The Labute approximate surface area is 184 Å². The molecule has 2 heterocycles. The van der Waals surface area contributed by atoms with Crippen molar-refractivity contribution in [2.75, 3.05) is 26.8 Å². The zero-order valence-electron chi connectivity index (χ0n) is 16.4. The molecule has 0 aliphatic carbocycles. The Bertz CT molecular complexity index is 683. The Morgan fingerprint density at radius 1 is 1.11 bits per heavy atom. The van der Waals surface area contributed by atoms with Crippen molar-refractivity contribution in [1.82, 2.24) is 10.6 Å². The minimum Gasteiger partial charge on any atom is -0.469 e. The molecule has 154 valence electrons. The van der Waals surface area contributed by atoms with Crippen molar-refractivity contribution >= 4 is 29.9 Å². The molecule has 0 spiro atoms. The Morgan fingerprint density at radius 3 is 2.54 bits per heavy atom. The van der Waals surface area contributed by atoms with Gasteiger partial charge < -0.3 is 24.5 Å². The second-order valence-electron chi connectivity index (χ2n) is 6.62. The number of benzene rings is 1. The third-order valence-electron chi connectivity index (χ3n) is 4.60. The van der Waals surface area contributed by atoms with Gasteiger partial charge in [0.25, 0.3) is 0 Å². The van der Waals surface area contributed by atoms with E-state index in [1.807, 2.05) is 12.1 Å². The van der Waals surface area contributed by atoms with Gasteiger partial charge in [-0.25, -0.2) is 0 Å². The van der Waals surface area contributed by atoms with Crippen molar-refractivity contribution in [2.24, 2.45) is 4.99 Å². The molecule has 1 aliphatic heterocycles. The van der Waals surface area contributed by atoms with E-state index in [2.05, 4.69) is 39.9 Å². The maximum Gasteiger partial charge on any atom is 0.191 e. The predicted molar refractivity (Wildman–Crippen MR) is 121 cm³/mol. The van der Waals surface area contributed by atoms with E-state index < -0.39 is 0 Å². The molecular formula is C21H30IN3O3. The predicted octanol–water partition coefficient (Wildman–Crippen LogP) is 3.50. The van der Waals surface area contributed by atoms with Crippen LogP contribution in [-0.2, 0) is 29.0 Å². The van der Waals surface area contributed by atoms with E-state index in [0.717, 1.165) is 57.3 Å². The molecule has 1 aromatic carbocycles. The number of halogens is 1. The van der Waals surface area contributed by atoms with Crippen LogP contribution in [0, 0.1) is 0 Å². The van der Waals surface area contributed by atoms with Crippen molar-refractivity contribution in [3.8, 4) is 0 Å². The summed E-state index contributed by atoms with van der Waals surface area (Å²) in [4.78, 5) is 4.25. The SMILES string of the molecule is CN=C(NCCc1ccco1)NCc1ccc(COC2CCOCC2)cc1.I. The minimum atomic E-state index is 0. The molecule has 1 aliphatic rings. The number of hydrogen-bond acceptors (Lipinski definition) is 4. The molecule has 3 rings (SSSR count). The van der Waals surface area contributed by atoms with Gasteiger partial charge in [0.15, 0.2) is 5.96 Å². The van der Waals surface area contributed by atoms with Crippen LogP contribution in [0.25, 0.3) is 0 Å². The molecule has 7 heteroatoms. The lowest BCUT2D eigenvalue weighted by molar-refractivity contribution is -0.0390. The summed E-state index contributed by atoms with van der Waals surface area (Å²) in [6.45, 7) is 3.78. The van der Waals surface area contributed by atoms with E-state index >= 15 is 0 Å². The van der Waals surface area contributed by atoms with Crippen molar-refractivity contribution in [3.63, 3.8) is 0 Å². The molecule has 2 N–H and O–H groups in total. The van der Waals surface area contributed by atoms with Gasteiger partial charge in [-0.3, -0.25) is 4.99 Å². The first-order valence-electron chi connectivity index (χ1n) is 9.57. The fourth-order valence-corrected chi connectivity index (χ4v) is 2.98. The molecule has 0 saturated carbocycles. The quantitative estimate of drug-likeness (QED) is 0.331. The van der Waals surface area contributed by atoms with Crippen molar-refractivity contribution in [3.05, 3.63) is 59.5 Å². The number of nitrogens with zero attached hydrogens (tertiary/aromatic N) is 1. The fraction of sp³-hybridized carbons (Fsp3) is 0.476. The highest BCUT2D eigenvalue weighted by atomic mass is 127. The fourth-order valence-electron chi connectivity index (χ4n) is 2.98. The summed E-state index contributed by atoms with van der Waals surface area (Å²) in [5.74, 6) is 1.75. The zero-order valence-corrected chi connectivity index (χ0v) is 18.7. The van der Waals surface area contributed by atoms with E-state index in [4.69, 9.17) is 13.9 Å². The van der Waals surface area contributed by atoms with Crippen LogP contribution in [0.3, 0.4) is 0 Å². The third kappa shape index (κ3) is 7.81. The molecule has 0 bridgehead atoms. The van der Waals surface area contributed by atoms with Crippen molar-refractivity contribution in [2.45, 2.75) is 38.5 Å². The lowest BCUT2D eigenvalue weighted by Gasteiger charge is -2.22. The van der Waals surface area contributed by atoms with Crippen LogP contribution in [0.1, 0.15) is 29.7 Å². The topological polar surface area (TPSA) is 68.0 Å². The van der Waals surface area contributed by atoms with Gasteiger partial charge in [0.2, 0.25) is 0 Å². The van der Waals surface area contributed by atoms with Crippen LogP contribution in [0.2, 0.25) is 0 Å². The first-order valence-corrected chi connectivity index (χ1v) is 9.57. The smallest absolute Gasteiger partial charge is 0.191 e. The van der Waals surface area contributed by atoms with Crippen LogP contribution in [0.4, 0.5) is 0 Å². The van der Waals surface area contributed by atoms with E-state index in [9.17, 15) is 0 Å². The highest BCUT2D eigenvalue weighted by Crippen LogP contribution is 2.14. The molecule has 1 aromatic heterocycles. The maximum absolute atomic E-state index is 5.97. The lowest BCUT2D eigenvalue weighted by Crippen LogP contribution is -2.37. The largest absolute Gasteiger partial charge is 0.469 e. The second-order valence-corrected chi connectivity index (χ2v) is 6.62. The Morgan fingerprint density at radius 2 is 1.86 bits per heavy atom. The first-order chi connectivity index (χ1) is 13.3. The molecule has 0 amide bonds. The number of rotatable bonds is 8. The normalized spacial score (nSPS) is 15.1. The van der Waals surface area contributed by atoms with Gasteiger partial charge in [0.1, 0.15) is 5.76 Å². The van der Waals surface area contributed by atoms with Gasteiger partial charge >= 0.3 is 0 Å². The monoisotopic (exact) mass is 499 g/mol. The second kappa shape index (κ2) is 12.8. The summed E-state index contributed by atoms with van der Waals surface area (Å²) in [5, 5.41) is 6.63. The maximum atomic E-state index is 5.97. The molecule has 0 unspecified atom stereocenters. The molecule has 2 aromatic rings. The molecule has 1 saturated heterocycles. The lowest BCUT2D eigenvalue weighted by atomic mass is 10.1. The summed E-state index contributed by atoms with van der Waals surface area (Å²) in [7, 11) is 1.78. The number of furan rings is 1. The average molecular weight is 499 g/mol. The Balaban J connectivity index is 0.00000280. The van der Waals surface area contributed by atoms with Gasteiger partial charge in [-0.05, 0) is 36.1 Å². The first kappa shape index (κ1) is 22.7. The highest BCUT2D eigenvalue weighted by Gasteiger charge is 2.13. The van der Waals surface area contributed by atoms with Crippen LogP contribution in [0.15, 0.2) is 52.1 Å². The molecule has 0 atom stereocenters. The van der Waals surface area contributed by atoms with E-state index in [1.54, 1.807) is 13.3 Å². The third-order valence-corrected chi connectivity index (χ3v) is 4.60. The van der Waals surface area contributed by atoms with Crippen LogP contribution >= 0.6 is 24.0 Å². The Kier molecular flexibility index (Phi) is 10.4.